The highest BCUT2D eigenvalue weighted by Crippen LogP contribution is 2.31. The first-order valence-corrected chi connectivity index (χ1v) is 10.1. The summed E-state index contributed by atoms with van der Waals surface area (Å²) >= 11 is 0. The van der Waals surface area contributed by atoms with E-state index in [4.69, 9.17) is 0 Å². The van der Waals surface area contributed by atoms with Crippen LogP contribution in [0.25, 0.3) is 5.69 Å². The van der Waals surface area contributed by atoms with Crippen molar-refractivity contribution in [2.75, 3.05) is 13.6 Å². The molecule has 4 rings (SSSR count). The van der Waals surface area contributed by atoms with E-state index < -0.39 is 41.6 Å². The van der Waals surface area contributed by atoms with Crippen molar-refractivity contribution >= 4 is 17.8 Å². The van der Waals surface area contributed by atoms with Gasteiger partial charge in [-0.25, -0.2) is 18.3 Å². The van der Waals surface area contributed by atoms with E-state index in [1.54, 1.807) is 17.1 Å². The van der Waals surface area contributed by atoms with E-state index in [0.29, 0.717) is 4.90 Å². The lowest BCUT2D eigenvalue weighted by atomic mass is 9.91. The second kappa shape index (κ2) is 8.45. The summed E-state index contributed by atoms with van der Waals surface area (Å²) in [5, 5.41) is 6.65. The lowest BCUT2D eigenvalue weighted by Gasteiger charge is -2.23. The molecule has 2 aromatic carbocycles. The molecular weight excluding hydrogens is 432 g/mol. The zero-order valence-electron chi connectivity index (χ0n) is 18.0. The van der Waals surface area contributed by atoms with Crippen molar-refractivity contribution < 1.29 is 23.2 Å². The van der Waals surface area contributed by atoms with Crippen molar-refractivity contribution in [3.8, 4) is 5.69 Å². The number of benzene rings is 2. The molecule has 8 nitrogen and oxygen atoms in total. The molecule has 1 aliphatic rings. The Hall–Kier alpha value is -4.08. The van der Waals surface area contributed by atoms with Gasteiger partial charge in [0.2, 0.25) is 5.91 Å². The average Bonchev–Trinajstić information content (AvgIpc) is 3.34. The fraction of sp³-hybridized carbons (Fsp3) is 0.217. The summed E-state index contributed by atoms with van der Waals surface area (Å²) in [5.74, 6) is -2.93. The molecule has 0 bridgehead atoms. The summed E-state index contributed by atoms with van der Waals surface area (Å²) in [4.78, 5) is 40.2. The minimum Gasteiger partial charge on any atom is -0.340 e. The molecule has 1 aliphatic heterocycles. The van der Waals surface area contributed by atoms with Gasteiger partial charge in [-0.3, -0.25) is 14.5 Å². The maximum absolute atomic E-state index is 14.3. The Balaban J connectivity index is 1.45. The van der Waals surface area contributed by atoms with Gasteiger partial charge in [0.1, 0.15) is 23.7 Å². The van der Waals surface area contributed by atoms with Crippen LogP contribution in [0.5, 0.6) is 0 Å². The molecule has 0 spiro atoms. The minimum atomic E-state index is -1.82. The first-order chi connectivity index (χ1) is 15.7. The van der Waals surface area contributed by atoms with Crippen LogP contribution >= 0.6 is 0 Å². The molecule has 1 atom stereocenters. The molecule has 2 heterocycles. The Morgan fingerprint density at radius 1 is 1.15 bits per heavy atom. The Morgan fingerprint density at radius 3 is 2.61 bits per heavy atom. The summed E-state index contributed by atoms with van der Waals surface area (Å²) in [7, 11) is 1.53. The number of carbonyl (C=O) groups is 3. The van der Waals surface area contributed by atoms with Crippen molar-refractivity contribution in [2.45, 2.75) is 19.0 Å². The van der Waals surface area contributed by atoms with Gasteiger partial charge < -0.3 is 10.2 Å². The van der Waals surface area contributed by atoms with Gasteiger partial charge >= 0.3 is 6.03 Å². The van der Waals surface area contributed by atoms with Gasteiger partial charge in [-0.2, -0.15) is 5.10 Å². The van der Waals surface area contributed by atoms with E-state index in [1.165, 1.54) is 18.9 Å². The maximum atomic E-state index is 14.3. The maximum Gasteiger partial charge on any atom is 0.325 e. The van der Waals surface area contributed by atoms with Crippen LogP contribution in [0.3, 0.4) is 0 Å². The van der Waals surface area contributed by atoms with Crippen LogP contribution in [0.15, 0.2) is 60.9 Å². The number of halogens is 2. The topological polar surface area (TPSA) is 87.5 Å². The predicted molar refractivity (Wildman–Crippen MR) is 114 cm³/mol. The minimum absolute atomic E-state index is 0.200. The number of imide groups is 1. The van der Waals surface area contributed by atoms with Crippen molar-refractivity contribution in [2.24, 2.45) is 0 Å². The van der Waals surface area contributed by atoms with Crippen molar-refractivity contribution in [1.29, 1.82) is 0 Å². The number of likely N-dealkylation sites (N-methyl/N-ethyl adjacent to an activating group) is 1. The molecule has 1 aromatic heterocycles. The highest BCUT2D eigenvalue weighted by atomic mass is 19.1. The molecule has 1 fully saturated rings. The smallest absolute Gasteiger partial charge is 0.325 e. The standard InChI is InChI=1S/C23H21F2N5O3/c1-23(18-10-16(24)8-9-19(18)25)21(32)29(22(33)27-23)14-20(31)28(2)12-15-11-26-30(13-15)17-6-4-3-5-7-17/h3-11,13H,12,14H2,1-2H3,(H,27,33)/t23-/m1/s1. The fourth-order valence-electron chi connectivity index (χ4n) is 3.69. The molecule has 3 aromatic rings. The van der Waals surface area contributed by atoms with Gasteiger partial charge in [0, 0.05) is 30.9 Å². The zero-order chi connectivity index (χ0) is 23.8. The lowest BCUT2D eigenvalue weighted by Crippen LogP contribution is -2.44. The zero-order valence-corrected chi connectivity index (χ0v) is 18.0. The van der Waals surface area contributed by atoms with Crippen LogP contribution < -0.4 is 5.32 Å². The van der Waals surface area contributed by atoms with E-state index in [2.05, 4.69) is 10.4 Å². The Kier molecular flexibility index (Phi) is 5.67. The quantitative estimate of drug-likeness (QED) is 0.582. The van der Waals surface area contributed by atoms with Crippen LogP contribution in [0.4, 0.5) is 13.6 Å². The van der Waals surface area contributed by atoms with Gasteiger partial charge in [-0.05, 0) is 37.3 Å². The van der Waals surface area contributed by atoms with Crippen molar-refractivity contribution in [3.05, 3.63) is 83.7 Å². The molecule has 0 saturated carbocycles. The molecule has 1 N–H and O–H groups in total. The third-order valence-electron chi connectivity index (χ3n) is 5.54. The highest BCUT2D eigenvalue weighted by Gasteiger charge is 2.51. The van der Waals surface area contributed by atoms with E-state index in [0.717, 1.165) is 29.4 Å². The number of rotatable bonds is 6. The number of aromatic nitrogens is 2. The first-order valence-electron chi connectivity index (χ1n) is 10.1. The Bertz CT molecular complexity index is 1230. The van der Waals surface area contributed by atoms with Gasteiger partial charge in [0.15, 0.2) is 0 Å². The number of hydrogen-bond donors (Lipinski definition) is 1. The molecule has 0 unspecified atom stereocenters. The largest absolute Gasteiger partial charge is 0.340 e. The SMILES string of the molecule is CN(Cc1cnn(-c2ccccc2)c1)C(=O)CN1C(=O)N[C@](C)(c2cc(F)ccc2F)C1=O. The van der Waals surface area contributed by atoms with Crippen molar-refractivity contribution in [3.63, 3.8) is 0 Å². The normalized spacial score (nSPS) is 17.9. The fourth-order valence-corrected chi connectivity index (χ4v) is 3.69. The number of nitrogens with one attached hydrogen (secondary N) is 1. The third kappa shape index (κ3) is 4.19. The Morgan fingerprint density at radius 2 is 1.88 bits per heavy atom. The third-order valence-corrected chi connectivity index (χ3v) is 5.54. The molecule has 0 radical (unpaired) electrons. The number of para-hydroxylation sites is 1. The van der Waals surface area contributed by atoms with Gasteiger partial charge in [0.25, 0.3) is 5.91 Å². The molecule has 170 valence electrons. The average molecular weight is 453 g/mol. The second-order valence-corrected chi connectivity index (χ2v) is 7.95. The van der Waals surface area contributed by atoms with Crippen LogP contribution in [0.2, 0.25) is 0 Å². The van der Waals surface area contributed by atoms with Crippen LogP contribution in [0.1, 0.15) is 18.1 Å². The second-order valence-electron chi connectivity index (χ2n) is 7.95. The number of carbonyl (C=O) groups excluding carboxylic acids is 3. The molecule has 0 aliphatic carbocycles. The summed E-state index contributed by atoms with van der Waals surface area (Å²) in [6.45, 7) is 0.933. The van der Waals surface area contributed by atoms with E-state index >= 15 is 0 Å². The number of urea groups is 1. The molecule has 33 heavy (non-hydrogen) atoms. The van der Waals surface area contributed by atoms with E-state index in [-0.39, 0.29) is 12.1 Å². The van der Waals surface area contributed by atoms with Gasteiger partial charge in [-0.1, -0.05) is 18.2 Å². The van der Waals surface area contributed by atoms with E-state index in [1.807, 2.05) is 30.3 Å². The molecular formula is C23H21F2N5O3. The molecule has 10 heteroatoms. The predicted octanol–water partition coefficient (Wildman–Crippen LogP) is 2.58. The summed E-state index contributed by atoms with van der Waals surface area (Å²) < 4.78 is 29.6. The van der Waals surface area contributed by atoms with Crippen LogP contribution in [-0.2, 0) is 21.7 Å². The number of hydrogen-bond acceptors (Lipinski definition) is 4. The first kappa shape index (κ1) is 22.1. The lowest BCUT2D eigenvalue weighted by molar-refractivity contribution is -0.138. The molecule has 4 amide bonds. The number of amides is 4. The van der Waals surface area contributed by atoms with Crippen LogP contribution in [-0.4, -0.2) is 51.0 Å². The number of nitrogens with zero attached hydrogens (tertiary/aromatic N) is 4. The summed E-state index contributed by atoms with van der Waals surface area (Å²) in [5.41, 5.74) is -0.518. The van der Waals surface area contributed by atoms with Gasteiger partial charge in [-0.15, -0.1) is 0 Å². The summed E-state index contributed by atoms with van der Waals surface area (Å²) in [6.07, 6.45) is 3.39. The van der Waals surface area contributed by atoms with Crippen molar-refractivity contribution in [1.82, 2.24) is 24.9 Å². The van der Waals surface area contributed by atoms with E-state index in [9.17, 15) is 23.2 Å². The summed E-state index contributed by atoms with van der Waals surface area (Å²) in [6, 6.07) is 11.2. The van der Waals surface area contributed by atoms with Gasteiger partial charge in [0.05, 0.1) is 11.9 Å². The highest BCUT2D eigenvalue weighted by molar-refractivity contribution is 6.09. The molecule has 1 saturated heterocycles. The monoisotopic (exact) mass is 453 g/mol. The Labute approximate surface area is 188 Å². The van der Waals surface area contributed by atoms with Crippen LogP contribution in [0, 0.1) is 11.6 Å².